The van der Waals surface area contributed by atoms with E-state index >= 15 is 0 Å². The molecule has 3 nitrogen and oxygen atoms in total. The summed E-state index contributed by atoms with van der Waals surface area (Å²) in [5.74, 6) is -2.32. The molecule has 7 heteroatoms. The summed E-state index contributed by atoms with van der Waals surface area (Å²) in [5.41, 5.74) is -1.83. The fraction of sp³-hybridized carbons (Fsp3) is 0.500. The first-order valence-electron chi connectivity index (χ1n) is 6.30. The van der Waals surface area contributed by atoms with Gasteiger partial charge in [0.05, 0.1) is 22.4 Å². The number of alkyl halides is 1. The van der Waals surface area contributed by atoms with Crippen molar-refractivity contribution in [2.75, 3.05) is 6.67 Å². The van der Waals surface area contributed by atoms with E-state index in [9.17, 15) is 22.2 Å². The van der Waals surface area contributed by atoms with Crippen molar-refractivity contribution in [3.05, 3.63) is 35.4 Å². The van der Waals surface area contributed by atoms with Gasteiger partial charge in [0.25, 0.3) is 0 Å². The minimum absolute atomic E-state index is 0.154. The van der Waals surface area contributed by atoms with Crippen LogP contribution in [0.1, 0.15) is 32.3 Å². The molecule has 0 saturated heterocycles. The Labute approximate surface area is 124 Å². The van der Waals surface area contributed by atoms with Crippen LogP contribution in [0, 0.1) is 11.6 Å². The number of carbonyl (C=O) groups is 1. The van der Waals surface area contributed by atoms with Crippen molar-refractivity contribution >= 4 is 17.3 Å². The number of carbonyl (C=O) groups excluding carboxylic acids is 1. The molecular weight excluding hydrogens is 303 g/mol. The van der Waals surface area contributed by atoms with E-state index in [1.807, 2.05) is 0 Å². The number of benzene rings is 1. The molecule has 1 unspecified atom stereocenters. The lowest BCUT2D eigenvalue weighted by Crippen LogP contribution is -2.43. The average molecular weight is 321 g/mol. The maximum Gasteiger partial charge on any atom is 0.162 e. The number of nitrogens with two attached hydrogens (primary N) is 1. The van der Waals surface area contributed by atoms with Crippen molar-refractivity contribution in [2.45, 2.75) is 36.9 Å². The third kappa shape index (κ3) is 3.71. The lowest BCUT2D eigenvalue weighted by atomic mass is 9.72. The van der Waals surface area contributed by atoms with Gasteiger partial charge in [0.15, 0.2) is 11.6 Å². The van der Waals surface area contributed by atoms with Gasteiger partial charge in [0, 0.05) is 17.4 Å². The summed E-state index contributed by atoms with van der Waals surface area (Å²) in [4.78, 5) is 10.9. The molecule has 2 N–H and O–H groups in total. The van der Waals surface area contributed by atoms with Crippen molar-refractivity contribution in [1.82, 2.24) is 0 Å². The quantitative estimate of drug-likeness (QED) is 0.785. The van der Waals surface area contributed by atoms with Gasteiger partial charge >= 0.3 is 0 Å². The summed E-state index contributed by atoms with van der Waals surface area (Å²) in [6.45, 7) is 1.96. The zero-order valence-corrected chi connectivity index (χ0v) is 12.7. The Kier molecular flexibility index (Phi) is 5.69. The van der Waals surface area contributed by atoms with Crippen LogP contribution >= 0.6 is 0 Å². The Morgan fingerprint density at radius 2 is 1.95 bits per heavy atom. The zero-order chi connectivity index (χ0) is 16.3. The lowest BCUT2D eigenvalue weighted by Gasteiger charge is -2.36. The fourth-order valence-electron chi connectivity index (χ4n) is 2.41. The van der Waals surface area contributed by atoms with Crippen molar-refractivity contribution in [3.63, 3.8) is 0 Å². The Balaban J connectivity index is 3.42. The first kappa shape index (κ1) is 17.8. The molecule has 21 heavy (non-hydrogen) atoms. The van der Waals surface area contributed by atoms with Crippen molar-refractivity contribution in [3.8, 4) is 0 Å². The van der Waals surface area contributed by atoms with E-state index in [0.717, 1.165) is 6.07 Å². The van der Waals surface area contributed by atoms with Crippen LogP contribution in [-0.4, -0.2) is 21.9 Å². The van der Waals surface area contributed by atoms with Gasteiger partial charge in [-0.1, -0.05) is 12.1 Å². The van der Waals surface area contributed by atoms with E-state index in [4.69, 9.17) is 5.14 Å². The first-order valence-corrected chi connectivity index (χ1v) is 7.52. The summed E-state index contributed by atoms with van der Waals surface area (Å²) in [6.07, 6.45) is -0.0668. The Bertz CT molecular complexity index is 551. The van der Waals surface area contributed by atoms with Crippen LogP contribution in [0.4, 0.5) is 13.2 Å². The standard InChI is InChI=1S/C14H18F3NO2S/c1-13(2,21(18)20)8-14(9-15,6-7-19)10-4-3-5-11(16)12(10)17/h3-5,7H,6,8-9,18H2,1-2H3/t14-,21?/m1/s1. The highest BCUT2D eigenvalue weighted by Gasteiger charge is 2.42. The first-order chi connectivity index (χ1) is 9.70. The van der Waals surface area contributed by atoms with Crippen molar-refractivity contribution in [2.24, 2.45) is 5.14 Å². The second kappa shape index (κ2) is 6.70. The summed E-state index contributed by atoms with van der Waals surface area (Å²) in [5, 5.41) is 5.37. The predicted octanol–water partition coefficient (Wildman–Crippen LogP) is 2.55. The van der Waals surface area contributed by atoms with Crippen LogP contribution in [0.3, 0.4) is 0 Å². The molecule has 1 aromatic rings. The minimum Gasteiger partial charge on any atom is -0.303 e. The number of aldehydes is 1. The second-order valence-corrected chi connectivity index (χ2v) is 7.32. The molecule has 1 aromatic carbocycles. The number of halogens is 3. The summed E-state index contributed by atoms with van der Waals surface area (Å²) in [7, 11) is -1.81. The van der Waals surface area contributed by atoms with Gasteiger partial charge in [-0.25, -0.2) is 13.0 Å². The molecule has 2 atom stereocenters. The van der Waals surface area contributed by atoms with Gasteiger partial charge in [-0.2, -0.15) is 0 Å². The van der Waals surface area contributed by atoms with Crippen LogP contribution < -0.4 is 5.14 Å². The van der Waals surface area contributed by atoms with E-state index in [2.05, 4.69) is 0 Å². The molecule has 0 bridgehead atoms. The van der Waals surface area contributed by atoms with Crippen LogP contribution in [0.15, 0.2) is 18.2 Å². The molecule has 0 fully saturated rings. The molecule has 0 saturated carbocycles. The molecule has 0 aromatic heterocycles. The topological polar surface area (TPSA) is 60.2 Å². The van der Waals surface area contributed by atoms with Crippen LogP contribution in [0.5, 0.6) is 0 Å². The highest BCUT2D eigenvalue weighted by atomic mass is 32.2. The Morgan fingerprint density at radius 3 is 2.43 bits per heavy atom. The minimum atomic E-state index is -1.81. The molecule has 0 aliphatic carbocycles. The normalized spacial score (nSPS) is 16.3. The molecule has 118 valence electrons. The predicted molar refractivity (Wildman–Crippen MR) is 75.7 cm³/mol. The SMILES string of the molecule is CC(C)(C[C@@](CF)(CC=O)c1cccc(F)c1F)S(N)=O. The van der Waals surface area contributed by atoms with E-state index in [0.29, 0.717) is 6.29 Å². The molecule has 1 rings (SSSR count). The van der Waals surface area contributed by atoms with E-state index in [1.165, 1.54) is 26.0 Å². The van der Waals surface area contributed by atoms with E-state index < -0.39 is 39.5 Å². The van der Waals surface area contributed by atoms with Crippen LogP contribution in [0.2, 0.25) is 0 Å². The van der Waals surface area contributed by atoms with Crippen LogP contribution in [-0.2, 0) is 21.2 Å². The molecule has 0 aliphatic heterocycles. The molecule has 0 heterocycles. The largest absolute Gasteiger partial charge is 0.303 e. The average Bonchev–Trinajstić information content (AvgIpc) is 2.41. The monoisotopic (exact) mass is 321 g/mol. The maximum absolute atomic E-state index is 14.0. The number of rotatable bonds is 7. The van der Waals surface area contributed by atoms with Gasteiger partial charge in [0.2, 0.25) is 0 Å². The highest BCUT2D eigenvalue weighted by molar-refractivity contribution is 7.84. The summed E-state index contributed by atoms with van der Waals surface area (Å²) >= 11 is 0. The number of hydrogen-bond donors (Lipinski definition) is 1. The third-order valence-corrected chi connectivity index (χ3v) is 4.80. The molecule has 0 aliphatic rings. The fourth-order valence-corrected chi connectivity index (χ4v) is 2.83. The molecule has 0 amide bonds. The molecule has 0 spiro atoms. The van der Waals surface area contributed by atoms with Gasteiger partial charge in [-0.05, 0) is 26.3 Å². The van der Waals surface area contributed by atoms with Gasteiger partial charge in [-0.15, -0.1) is 0 Å². The lowest BCUT2D eigenvalue weighted by molar-refractivity contribution is -0.109. The highest BCUT2D eigenvalue weighted by Crippen LogP contribution is 2.39. The Morgan fingerprint density at radius 1 is 1.33 bits per heavy atom. The maximum atomic E-state index is 14.0. The van der Waals surface area contributed by atoms with Crippen LogP contribution in [0.25, 0.3) is 0 Å². The summed E-state index contributed by atoms with van der Waals surface area (Å²) < 4.78 is 51.6. The third-order valence-electron chi connectivity index (χ3n) is 3.56. The van der Waals surface area contributed by atoms with Crippen molar-refractivity contribution in [1.29, 1.82) is 0 Å². The van der Waals surface area contributed by atoms with E-state index in [-0.39, 0.29) is 18.4 Å². The molecule has 0 radical (unpaired) electrons. The van der Waals surface area contributed by atoms with Gasteiger partial charge in [0.1, 0.15) is 6.29 Å². The van der Waals surface area contributed by atoms with Crippen molar-refractivity contribution < 1.29 is 22.2 Å². The smallest absolute Gasteiger partial charge is 0.162 e. The number of hydrogen-bond acceptors (Lipinski definition) is 2. The van der Waals surface area contributed by atoms with E-state index in [1.54, 1.807) is 0 Å². The second-order valence-electron chi connectivity index (χ2n) is 5.62. The molecular formula is C14H18F3NO2S. The van der Waals surface area contributed by atoms with Gasteiger partial charge in [-0.3, -0.25) is 9.53 Å². The summed E-state index contributed by atoms with van der Waals surface area (Å²) in [6, 6.07) is 3.39. The zero-order valence-electron chi connectivity index (χ0n) is 11.9. The van der Waals surface area contributed by atoms with Gasteiger partial charge < -0.3 is 4.79 Å². The Hall–Kier alpha value is -1.21.